The molecule has 8 nitrogen and oxygen atoms in total. The predicted molar refractivity (Wildman–Crippen MR) is 95.2 cm³/mol. The van der Waals surface area contributed by atoms with Crippen LogP contribution >= 0.6 is 16.1 Å². The van der Waals surface area contributed by atoms with Crippen LogP contribution in [-0.4, -0.2) is 30.6 Å². The molecule has 1 N–H and O–H groups in total. The lowest BCUT2D eigenvalue weighted by atomic mass is 9.86. The highest BCUT2D eigenvalue weighted by atomic mass is 79.9. The summed E-state index contributed by atoms with van der Waals surface area (Å²) in [6.45, 7) is 7.37. The Bertz CT molecular complexity index is 837. The molecule has 0 saturated carbocycles. The van der Waals surface area contributed by atoms with Gasteiger partial charge in [0.2, 0.25) is 11.6 Å². The van der Waals surface area contributed by atoms with Crippen molar-refractivity contribution in [1.82, 2.24) is 13.9 Å². The highest BCUT2D eigenvalue weighted by molar-refractivity contribution is 9.08. The number of carbonyl (C=O) groups excluding carboxylic acids is 2. The van der Waals surface area contributed by atoms with Crippen molar-refractivity contribution in [3.63, 3.8) is 0 Å². The van der Waals surface area contributed by atoms with Crippen molar-refractivity contribution in [2.45, 2.75) is 33.1 Å². The summed E-state index contributed by atoms with van der Waals surface area (Å²) in [6.07, 6.45) is 0. The minimum Gasteiger partial charge on any atom is -0.390 e. The quantitative estimate of drug-likeness (QED) is 0.474. The maximum atomic E-state index is 12.4. The maximum Gasteiger partial charge on any atom is 0.433 e. The van der Waals surface area contributed by atoms with Crippen LogP contribution in [0.5, 0.6) is 0 Å². The number of aromatic amines is 1. The fraction of sp³-hybridized carbons (Fsp3) is 0.312. The number of carbonyl (C=O) groups is 2. The second-order valence-electron chi connectivity index (χ2n) is 6.47. The molecule has 2 aromatic rings. The van der Waals surface area contributed by atoms with E-state index in [0.29, 0.717) is 9.49 Å². The first-order valence-corrected chi connectivity index (χ1v) is 8.09. The Labute approximate surface area is 152 Å². The minimum atomic E-state index is -0.761. The summed E-state index contributed by atoms with van der Waals surface area (Å²) in [5.41, 5.74) is 1.52. The molecule has 2 rings (SSSR count). The zero-order chi connectivity index (χ0) is 18.9. The Morgan fingerprint density at radius 2 is 1.80 bits per heavy atom. The van der Waals surface area contributed by atoms with Crippen LogP contribution in [0, 0.1) is 10.1 Å². The van der Waals surface area contributed by atoms with Gasteiger partial charge in [-0.2, -0.15) is 0 Å². The van der Waals surface area contributed by atoms with Crippen molar-refractivity contribution < 1.29 is 14.5 Å². The summed E-state index contributed by atoms with van der Waals surface area (Å²) in [6, 6.07) is 7.23. The van der Waals surface area contributed by atoms with E-state index >= 15 is 0 Å². The Kier molecular flexibility index (Phi) is 5.07. The van der Waals surface area contributed by atoms with E-state index in [0.717, 1.165) is 5.56 Å². The number of imide groups is 1. The summed E-state index contributed by atoms with van der Waals surface area (Å²) >= 11 is 2.85. The first kappa shape index (κ1) is 18.8. The van der Waals surface area contributed by atoms with Crippen LogP contribution in [0.2, 0.25) is 0 Å². The van der Waals surface area contributed by atoms with Crippen LogP contribution in [0.3, 0.4) is 0 Å². The zero-order valence-electron chi connectivity index (χ0n) is 14.2. The molecule has 0 fully saturated rings. The van der Waals surface area contributed by atoms with E-state index in [2.05, 4.69) is 46.9 Å². The lowest BCUT2D eigenvalue weighted by molar-refractivity contribution is -0.393. The normalized spacial score (nSPS) is 11.2. The molecule has 1 aromatic carbocycles. The first-order chi connectivity index (χ1) is 11.5. The van der Waals surface area contributed by atoms with E-state index in [1.165, 1.54) is 6.92 Å². The van der Waals surface area contributed by atoms with Crippen LogP contribution in [0.25, 0.3) is 11.3 Å². The Hall–Kier alpha value is -2.55. The molecule has 0 spiro atoms. The number of halogens is 1. The average Bonchev–Trinajstić information content (AvgIpc) is 2.98. The number of nitrogens with one attached hydrogen (secondary N) is 1. The largest absolute Gasteiger partial charge is 0.433 e. The Morgan fingerprint density at radius 1 is 1.24 bits per heavy atom. The molecular weight excluding hydrogens is 392 g/mol. The number of hydrogen-bond acceptors (Lipinski definition) is 5. The third kappa shape index (κ3) is 3.93. The molecule has 2 amide bonds. The number of aromatic nitrogens is 2. The molecule has 25 heavy (non-hydrogen) atoms. The van der Waals surface area contributed by atoms with Crippen LogP contribution in [-0.2, 0) is 10.2 Å². The van der Waals surface area contributed by atoms with Crippen molar-refractivity contribution in [3.8, 4) is 11.3 Å². The highest BCUT2D eigenvalue weighted by Gasteiger charge is 2.31. The number of imidazole rings is 1. The molecule has 0 aliphatic rings. The van der Waals surface area contributed by atoms with Crippen LogP contribution < -0.4 is 0 Å². The van der Waals surface area contributed by atoms with Crippen molar-refractivity contribution in [1.29, 1.82) is 0 Å². The SMILES string of the molecule is CC(=O)N(Br)C(=O)c1[nH]c([N+](=O)[O-])nc1-c1ccc(C(C)(C)C)cc1. The number of H-pyrrole nitrogens is 1. The van der Waals surface area contributed by atoms with Crippen LogP contribution in [0.15, 0.2) is 24.3 Å². The molecule has 0 aliphatic carbocycles. The minimum absolute atomic E-state index is 0.0595. The van der Waals surface area contributed by atoms with Gasteiger partial charge in [0.05, 0.1) is 16.1 Å². The van der Waals surface area contributed by atoms with Crippen LogP contribution in [0.4, 0.5) is 5.95 Å². The van der Waals surface area contributed by atoms with Gasteiger partial charge in [0.1, 0.15) is 0 Å². The molecule has 0 saturated heterocycles. The summed E-state index contributed by atoms with van der Waals surface area (Å²) in [4.78, 5) is 40.4. The van der Waals surface area contributed by atoms with Gasteiger partial charge in [-0.3, -0.25) is 9.59 Å². The molecular formula is C16H17BrN4O4. The summed E-state index contributed by atoms with van der Waals surface area (Å²) in [7, 11) is 0. The molecule has 1 aromatic heterocycles. The molecule has 9 heteroatoms. The molecule has 0 aliphatic heterocycles. The molecule has 132 valence electrons. The second kappa shape index (κ2) is 6.75. The summed E-state index contributed by atoms with van der Waals surface area (Å²) < 4.78 is 0.692. The molecule has 0 bridgehead atoms. The van der Waals surface area contributed by atoms with Gasteiger partial charge in [-0.15, -0.1) is 0 Å². The van der Waals surface area contributed by atoms with E-state index in [4.69, 9.17) is 0 Å². The van der Waals surface area contributed by atoms with E-state index in [1.807, 2.05) is 12.1 Å². The van der Waals surface area contributed by atoms with Crippen molar-refractivity contribution >= 4 is 33.9 Å². The predicted octanol–water partition coefficient (Wildman–Crippen LogP) is 3.58. The van der Waals surface area contributed by atoms with Gasteiger partial charge in [0.15, 0.2) is 5.69 Å². The van der Waals surface area contributed by atoms with Gasteiger partial charge in [-0.25, -0.2) is 8.91 Å². The van der Waals surface area contributed by atoms with Gasteiger partial charge in [-0.1, -0.05) is 50.0 Å². The third-order valence-electron chi connectivity index (χ3n) is 3.56. The maximum absolute atomic E-state index is 12.4. The second-order valence-corrected chi connectivity index (χ2v) is 7.18. The van der Waals surface area contributed by atoms with E-state index < -0.39 is 22.7 Å². The smallest absolute Gasteiger partial charge is 0.390 e. The van der Waals surface area contributed by atoms with E-state index in [-0.39, 0.29) is 16.8 Å². The van der Waals surface area contributed by atoms with E-state index in [1.54, 1.807) is 12.1 Å². The van der Waals surface area contributed by atoms with Crippen molar-refractivity contribution in [2.24, 2.45) is 0 Å². The Balaban J connectivity index is 2.54. The summed E-state index contributed by atoms with van der Waals surface area (Å²) in [5.74, 6) is -1.89. The lowest BCUT2D eigenvalue weighted by Crippen LogP contribution is -2.26. The monoisotopic (exact) mass is 408 g/mol. The molecule has 0 unspecified atom stereocenters. The fourth-order valence-corrected chi connectivity index (χ4v) is 2.36. The number of nitro groups is 1. The standard InChI is InChI=1S/C16H17BrN4O4/c1-9(22)20(17)14(23)13-12(18-15(19-13)21(24)25)10-5-7-11(8-6-10)16(2,3)4/h5-8H,1-4H3,(H,18,19). The number of amides is 2. The molecule has 1 heterocycles. The summed E-state index contributed by atoms with van der Waals surface area (Å²) in [5, 5.41) is 11.0. The zero-order valence-corrected chi connectivity index (χ0v) is 15.7. The van der Waals surface area contributed by atoms with Gasteiger partial charge in [0.25, 0.3) is 0 Å². The van der Waals surface area contributed by atoms with Crippen LogP contribution in [0.1, 0.15) is 43.7 Å². The third-order valence-corrected chi connectivity index (χ3v) is 4.38. The highest BCUT2D eigenvalue weighted by Crippen LogP contribution is 2.29. The topological polar surface area (TPSA) is 109 Å². The Morgan fingerprint density at radius 3 is 2.24 bits per heavy atom. The fourth-order valence-electron chi connectivity index (χ4n) is 2.18. The average molecular weight is 409 g/mol. The van der Waals surface area contributed by atoms with Gasteiger partial charge >= 0.3 is 11.9 Å². The molecule has 0 atom stereocenters. The molecule has 0 radical (unpaired) electrons. The number of benzene rings is 1. The first-order valence-electron chi connectivity index (χ1n) is 7.38. The van der Waals surface area contributed by atoms with Gasteiger partial charge in [-0.05, 0) is 15.9 Å². The lowest BCUT2D eigenvalue weighted by Gasteiger charge is -2.18. The van der Waals surface area contributed by atoms with Gasteiger partial charge in [0, 0.05) is 12.5 Å². The van der Waals surface area contributed by atoms with Crippen molar-refractivity contribution in [2.75, 3.05) is 0 Å². The number of rotatable bonds is 3. The van der Waals surface area contributed by atoms with Gasteiger partial charge < -0.3 is 10.1 Å². The van der Waals surface area contributed by atoms with E-state index in [9.17, 15) is 19.7 Å². The number of nitrogens with zero attached hydrogens (tertiary/aromatic N) is 3. The van der Waals surface area contributed by atoms with Crippen molar-refractivity contribution in [3.05, 3.63) is 45.6 Å². The number of hydrogen-bond donors (Lipinski definition) is 1.